The van der Waals surface area contributed by atoms with Crippen LogP contribution in [0.1, 0.15) is 16.2 Å². The lowest BCUT2D eigenvalue weighted by Crippen LogP contribution is -2.12. The van der Waals surface area contributed by atoms with Gasteiger partial charge in [-0.25, -0.2) is 9.78 Å². The Bertz CT molecular complexity index is 1250. The van der Waals surface area contributed by atoms with Gasteiger partial charge in [0.15, 0.2) is 0 Å². The van der Waals surface area contributed by atoms with Gasteiger partial charge in [0.05, 0.1) is 29.3 Å². The zero-order valence-electron chi connectivity index (χ0n) is 15.0. The van der Waals surface area contributed by atoms with Gasteiger partial charge in [-0.15, -0.1) is 10.2 Å². The van der Waals surface area contributed by atoms with Crippen molar-refractivity contribution in [1.29, 1.82) is 0 Å². The highest BCUT2D eigenvalue weighted by Gasteiger charge is 2.12. The summed E-state index contributed by atoms with van der Waals surface area (Å²) in [6, 6.07) is 12.1. The van der Waals surface area contributed by atoms with Crippen molar-refractivity contribution in [3.05, 3.63) is 68.7 Å². The van der Waals surface area contributed by atoms with Crippen molar-refractivity contribution in [3.8, 4) is 11.5 Å². The van der Waals surface area contributed by atoms with Gasteiger partial charge < -0.3 is 14.1 Å². The first kappa shape index (κ1) is 19.3. The molecule has 0 atom stereocenters. The molecule has 0 aliphatic carbocycles. The average molecular weight is 473 g/mol. The van der Waals surface area contributed by atoms with E-state index in [4.69, 9.17) is 9.15 Å². The normalized spacial score (nSPS) is 11.0. The third-order valence-corrected chi connectivity index (χ3v) is 5.37. The molecule has 1 N–H and O–H groups in total. The lowest BCUT2D eigenvalue weighted by molar-refractivity contribution is 0.0601. The number of benzene rings is 2. The Morgan fingerprint density at radius 2 is 2.00 bits per heavy atom. The number of rotatable bonds is 5. The smallest absolute Gasteiger partial charge is 0.337 e. The molecule has 0 spiro atoms. The van der Waals surface area contributed by atoms with Crippen LogP contribution in [0, 0.1) is 0 Å². The van der Waals surface area contributed by atoms with Crippen LogP contribution < -0.4 is 5.56 Å². The zero-order chi connectivity index (χ0) is 20.4. The monoisotopic (exact) mass is 472 g/mol. The van der Waals surface area contributed by atoms with Gasteiger partial charge in [-0.2, -0.15) is 0 Å². The molecule has 8 nitrogen and oxygen atoms in total. The summed E-state index contributed by atoms with van der Waals surface area (Å²) in [4.78, 5) is 31.2. The van der Waals surface area contributed by atoms with Gasteiger partial charge in [0.1, 0.15) is 5.82 Å². The lowest BCUT2D eigenvalue weighted by atomic mass is 10.1. The maximum Gasteiger partial charge on any atom is 0.337 e. The van der Waals surface area contributed by atoms with Crippen molar-refractivity contribution in [3.63, 3.8) is 0 Å². The molecule has 0 saturated carbocycles. The molecule has 29 heavy (non-hydrogen) atoms. The van der Waals surface area contributed by atoms with E-state index in [9.17, 15) is 9.59 Å². The van der Waals surface area contributed by atoms with Crippen LogP contribution in [0.15, 0.2) is 61.4 Å². The summed E-state index contributed by atoms with van der Waals surface area (Å²) < 4.78 is 11.3. The second-order valence-electron chi connectivity index (χ2n) is 5.90. The summed E-state index contributed by atoms with van der Waals surface area (Å²) in [5.41, 5.74) is 1.25. The van der Waals surface area contributed by atoms with Crippen LogP contribution in [0.2, 0.25) is 0 Å². The van der Waals surface area contributed by atoms with Crippen molar-refractivity contribution >= 4 is 44.6 Å². The van der Waals surface area contributed by atoms with Crippen molar-refractivity contribution in [1.82, 2.24) is 20.2 Å². The van der Waals surface area contributed by atoms with E-state index in [1.807, 2.05) is 24.3 Å². The van der Waals surface area contributed by atoms with Crippen molar-refractivity contribution in [2.75, 3.05) is 7.11 Å². The highest BCUT2D eigenvalue weighted by atomic mass is 79.9. The Morgan fingerprint density at radius 1 is 1.21 bits per heavy atom. The number of fused-ring (bicyclic) bond motifs is 1. The van der Waals surface area contributed by atoms with Crippen LogP contribution in [0.4, 0.5) is 0 Å². The van der Waals surface area contributed by atoms with Crippen molar-refractivity contribution in [2.45, 2.75) is 11.0 Å². The number of hydrogen-bond donors (Lipinski definition) is 1. The second kappa shape index (κ2) is 8.18. The SMILES string of the molecule is COC(=O)c1ccc2c(=O)[nH]c(CSc3nnc(-c4ccc(Br)cc4)o3)nc2c1. The highest BCUT2D eigenvalue weighted by molar-refractivity contribution is 9.10. The van der Waals surface area contributed by atoms with Crippen LogP contribution in [-0.4, -0.2) is 33.2 Å². The van der Waals surface area contributed by atoms with E-state index in [2.05, 4.69) is 36.1 Å². The molecule has 10 heteroatoms. The summed E-state index contributed by atoms with van der Waals surface area (Å²) in [5.74, 6) is 0.659. The molecule has 2 aromatic heterocycles. The molecule has 0 unspecified atom stereocenters. The van der Waals surface area contributed by atoms with Crippen LogP contribution in [0.5, 0.6) is 0 Å². The van der Waals surface area contributed by atoms with Gasteiger partial charge >= 0.3 is 5.97 Å². The van der Waals surface area contributed by atoms with Gasteiger partial charge in [-0.05, 0) is 42.5 Å². The molecule has 0 aliphatic heterocycles. The number of esters is 1. The van der Waals surface area contributed by atoms with Gasteiger partial charge in [-0.1, -0.05) is 27.7 Å². The molecule has 0 radical (unpaired) electrons. The summed E-state index contributed by atoms with van der Waals surface area (Å²) in [6.45, 7) is 0. The van der Waals surface area contributed by atoms with E-state index in [1.54, 1.807) is 6.07 Å². The molecule has 0 bridgehead atoms. The van der Waals surface area contributed by atoms with Gasteiger partial charge in [0.2, 0.25) is 5.89 Å². The molecule has 4 aromatic rings. The fraction of sp³-hybridized carbons (Fsp3) is 0.105. The minimum Gasteiger partial charge on any atom is -0.465 e. The first-order valence-corrected chi connectivity index (χ1v) is 10.1. The summed E-state index contributed by atoms with van der Waals surface area (Å²) >= 11 is 4.63. The lowest BCUT2D eigenvalue weighted by Gasteiger charge is -2.04. The molecule has 0 saturated heterocycles. The van der Waals surface area contributed by atoms with Crippen molar-refractivity contribution in [2.24, 2.45) is 0 Å². The number of methoxy groups -OCH3 is 1. The van der Waals surface area contributed by atoms with E-state index in [0.29, 0.717) is 39.2 Å². The number of hydrogen-bond acceptors (Lipinski definition) is 8. The van der Waals surface area contributed by atoms with E-state index in [-0.39, 0.29) is 5.56 Å². The third-order valence-electron chi connectivity index (χ3n) is 4.01. The number of H-pyrrole nitrogens is 1. The Morgan fingerprint density at radius 3 is 2.76 bits per heavy atom. The Hall–Kier alpha value is -2.98. The number of nitrogens with zero attached hydrogens (tertiary/aromatic N) is 3. The van der Waals surface area contributed by atoms with Crippen LogP contribution in [0.3, 0.4) is 0 Å². The topological polar surface area (TPSA) is 111 Å². The molecule has 0 amide bonds. The van der Waals surface area contributed by atoms with Crippen LogP contribution in [0.25, 0.3) is 22.4 Å². The Labute approximate surface area is 176 Å². The third kappa shape index (κ3) is 4.22. The minimum atomic E-state index is -0.490. The number of thioether (sulfide) groups is 1. The van der Waals surface area contributed by atoms with Crippen LogP contribution in [-0.2, 0) is 10.5 Å². The fourth-order valence-corrected chi connectivity index (χ4v) is 3.51. The summed E-state index contributed by atoms with van der Waals surface area (Å²) in [5, 5.41) is 8.80. The predicted molar refractivity (Wildman–Crippen MR) is 111 cm³/mol. The molecule has 0 fully saturated rings. The fourth-order valence-electron chi connectivity index (χ4n) is 2.61. The number of nitrogens with one attached hydrogen (secondary N) is 1. The minimum absolute atomic E-state index is 0.289. The number of aromatic amines is 1. The summed E-state index contributed by atoms with van der Waals surface area (Å²) in [7, 11) is 1.30. The number of halogens is 1. The van der Waals surface area contributed by atoms with Gasteiger partial charge in [0, 0.05) is 10.0 Å². The standard InChI is InChI=1S/C19H13BrN4O4S/c1-27-18(26)11-4-7-13-14(8-11)21-15(22-16(13)25)9-29-19-24-23-17(28-19)10-2-5-12(20)6-3-10/h2-8H,9H2,1H3,(H,21,22,25). The molecule has 0 aliphatic rings. The Balaban J connectivity index is 1.54. The average Bonchev–Trinajstić information content (AvgIpc) is 3.21. The molecule has 4 rings (SSSR count). The first-order valence-electron chi connectivity index (χ1n) is 8.37. The van der Waals surface area contributed by atoms with Crippen LogP contribution >= 0.6 is 27.7 Å². The van der Waals surface area contributed by atoms with Gasteiger partial charge in [0.25, 0.3) is 10.8 Å². The molecular weight excluding hydrogens is 460 g/mol. The summed E-state index contributed by atoms with van der Waals surface area (Å²) in [6.07, 6.45) is 0. The second-order valence-corrected chi connectivity index (χ2v) is 7.75. The number of carbonyl (C=O) groups is 1. The van der Waals surface area contributed by atoms with Crippen molar-refractivity contribution < 1.29 is 13.9 Å². The number of carbonyl (C=O) groups excluding carboxylic acids is 1. The van der Waals surface area contributed by atoms with E-state index >= 15 is 0 Å². The maximum atomic E-state index is 12.3. The highest BCUT2D eigenvalue weighted by Crippen LogP contribution is 2.26. The number of ether oxygens (including phenoxy) is 1. The van der Waals surface area contributed by atoms with E-state index in [0.717, 1.165) is 10.0 Å². The zero-order valence-corrected chi connectivity index (χ0v) is 17.4. The Kier molecular flexibility index (Phi) is 5.45. The molecule has 146 valence electrons. The number of aromatic nitrogens is 4. The largest absolute Gasteiger partial charge is 0.465 e. The van der Waals surface area contributed by atoms with E-state index in [1.165, 1.54) is 31.0 Å². The molecule has 2 aromatic carbocycles. The van der Waals surface area contributed by atoms with Gasteiger partial charge in [-0.3, -0.25) is 4.79 Å². The van der Waals surface area contributed by atoms with E-state index < -0.39 is 5.97 Å². The first-order chi connectivity index (χ1) is 14.0. The molecule has 2 heterocycles. The maximum absolute atomic E-state index is 12.3. The molecular formula is C19H13BrN4O4S. The quantitative estimate of drug-likeness (QED) is 0.344. The predicted octanol–water partition coefficient (Wildman–Crippen LogP) is 3.81.